The quantitative estimate of drug-likeness (QED) is 0.452. The van der Waals surface area contributed by atoms with Crippen LogP contribution in [0.1, 0.15) is 6.42 Å². The Morgan fingerprint density at radius 3 is 1.45 bits per heavy atom. The van der Waals surface area contributed by atoms with Crippen LogP contribution in [0.2, 0.25) is 0 Å². The molecule has 3 heteroatoms. The monoisotopic (exact) mass is 380 g/mol. The fraction of sp³-hybridized carbons (Fsp3) is 0.0769. The van der Waals surface area contributed by atoms with Crippen molar-refractivity contribution in [2.24, 2.45) is 0 Å². The smallest absolute Gasteiger partial charge is 0.309 e. The summed E-state index contributed by atoms with van der Waals surface area (Å²) in [4.78, 5) is 11.3. The van der Waals surface area contributed by atoms with Crippen molar-refractivity contribution in [1.82, 2.24) is 0 Å². The Bertz CT molecular complexity index is 1050. The van der Waals surface area contributed by atoms with Gasteiger partial charge in [0.15, 0.2) is 6.54 Å². The van der Waals surface area contributed by atoms with E-state index >= 15 is 0 Å². The molecule has 0 saturated carbocycles. The van der Waals surface area contributed by atoms with Gasteiger partial charge in [-0.25, -0.2) is 0 Å². The van der Waals surface area contributed by atoms with Crippen LogP contribution in [0, 0.1) is 0 Å². The molecular weight excluding hydrogens is 358 g/mol. The van der Waals surface area contributed by atoms with Gasteiger partial charge in [0.05, 0.1) is 0 Å². The lowest BCUT2D eigenvalue weighted by atomic mass is 9.99. The highest BCUT2D eigenvalue weighted by atomic mass is 16.4. The Morgan fingerprint density at radius 2 is 1.03 bits per heavy atom. The SMILES string of the molecule is O=C(O)CC[n+]1c(-c2ccccc2)cc(-c2ccccc2)cc1-c1ccccc1. The van der Waals surface area contributed by atoms with Crippen molar-refractivity contribution in [3.8, 4) is 33.6 Å². The molecule has 4 aromatic rings. The molecule has 29 heavy (non-hydrogen) atoms. The van der Waals surface area contributed by atoms with Crippen molar-refractivity contribution in [2.75, 3.05) is 0 Å². The van der Waals surface area contributed by atoms with Gasteiger partial charge in [0.25, 0.3) is 0 Å². The zero-order valence-corrected chi connectivity index (χ0v) is 16.0. The predicted octanol–water partition coefficient (Wildman–Crippen LogP) is 5.45. The molecule has 0 spiro atoms. The molecule has 3 nitrogen and oxygen atoms in total. The van der Waals surface area contributed by atoms with E-state index in [4.69, 9.17) is 0 Å². The molecule has 1 heterocycles. The largest absolute Gasteiger partial charge is 0.481 e. The molecule has 0 unspecified atom stereocenters. The number of carboxylic acid groups (broad SMARTS) is 1. The summed E-state index contributed by atoms with van der Waals surface area (Å²) in [6.07, 6.45) is 0.0645. The molecule has 0 aliphatic rings. The number of benzene rings is 3. The summed E-state index contributed by atoms with van der Waals surface area (Å²) < 4.78 is 2.12. The van der Waals surface area contributed by atoms with Crippen molar-refractivity contribution < 1.29 is 14.5 Å². The minimum absolute atomic E-state index is 0.0645. The summed E-state index contributed by atoms with van der Waals surface area (Å²) in [5, 5.41) is 9.32. The topological polar surface area (TPSA) is 41.2 Å². The highest BCUT2D eigenvalue weighted by Gasteiger charge is 2.23. The molecule has 0 saturated heterocycles. The molecule has 0 radical (unpaired) electrons. The molecule has 4 rings (SSSR count). The van der Waals surface area contributed by atoms with Crippen molar-refractivity contribution in [3.05, 3.63) is 103 Å². The molecule has 1 N–H and O–H groups in total. The molecule has 3 aromatic carbocycles. The van der Waals surface area contributed by atoms with E-state index in [0.29, 0.717) is 6.54 Å². The average molecular weight is 380 g/mol. The number of carboxylic acids is 1. The Balaban J connectivity index is 1.99. The maximum atomic E-state index is 11.3. The minimum atomic E-state index is -0.803. The van der Waals surface area contributed by atoms with Gasteiger partial charge >= 0.3 is 5.97 Å². The van der Waals surface area contributed by atoms with Gasteiger partial charge in [0, 0.05) is 23.3 Å². The van der Waals surface area contributed by atoms with Crippen molar-refractivity contribution in [1.29, 1.82) is 0 Å². The highest BCUT2D eigenvalue weighted by molar-refractivity contribution is 5.73. The Labute approximate surface area is 170 Å². The molecule has 0 bridgehead atoms. The van der Waals surface area contributed by atoms with Crippen LogP contribution in [0.5, 0.6) is 0 Å². The maximum absolute atomic E-state index is 11.3. The lowest BCUT2D eigenvalue weighted by Crippen LogP contribution is -2.40. The van der Waals surface area contributed by atoms with E-state index in [-0.39, 0.29) is 6.42 Å². The molecule has 0 atom stereocenters. The van der Waals surface area contributed by atoms with Crippen LogP contribution in [0.3, 0.4) is 0 Å². The van der Waals surface area contributed by atoms with Crippen molar-refractivity contribution in [2.45, 2.75) is 13.0 Å². The summed E-state index contributed by atoms with van der Waals surface area (Å²) in [5.74, 6) is -0.803. The van der Waals surface area contributed by atoms with Gasteiger partial charge in [0.1, 0.15) is 6.42 Å². The third kappa shape index (κ3) is 4.25. The summed E-state index contributed by atoms with van der Waals surface area (Å²) in [6.45, 7) is 0.402. The van der Waals surface area contributed by atoms with Gasteiger partial charge in [-0.3, -0.25) is 4.79 Å². The summed E-state index contributed by atoms with van der Waals surface area (Å²) in [6, 6.07) is 34.9. The lowest BCUT2D eigenvalue weighted by molar-refractivity contribution is -0.674. The molecule has 0 fully saturated rings. The first-order valence-corrected chi connectivity index (χ1v) is 9.68. The first-order valence-electron chi connectivity index (χ1n) is 9.68. The van der Waals surface area contributed by atoms with E-state index in [0.717, 1.165) is 33.6 Å². The van der Waals surface area contributed by atoms with Crippen LogP contribution in [0.15, 0.2) is 103 Å². The van der Waals surface area contributed by atoms with Gasteiger partial charge in [-0.15, -0.1) is 0 Å². The molecule has 0 aliphatic carbocycles. The summed E-state index contributed by atoms with van der Waals surface area (Å²) >= 11 is 0. The standard InChI is InChI=1S/C26H21NO2/c28-26(29)16-17-27-24(21-12-6-2-7-13-21)18-23(20-10-4-1-5-11-20)19-25(27)22-14-8-3-9-15-22/h1-15,18-19H,16-17H2/p+1. The number of nitrogens with zero attached hydrogens (tertiary/aromatic N) is 1. The van der Waals surface area contributed by atoms with E-state index in [1.807, 2.05) is 54.6 Å². The normalized spacial score (nSPS) is 10.6. The third-order valence-electron chi connectivity index (χ3n) is 4.96. The second-order valence-corrected chi connectivity index (χ2v) is 6.91. The number of hydrogen-bond acceptors (Lipinski definition) is 1. The Morgan fingerprint density at radius 1 is 0.621 bits per heavy atom. The zero-order valence-electron chi connectivity index (χ0n) is 16.0. The number of carbonyl (C=O) groups is 1. The van der Waals surface area contributed by atoms with E-state index in [1.54, 1.807) is 0 Å². The highest BCUT2D eigenvalue weighted by Crippen LogP contribution is 2.29. The lowest BCUT2D eigenvalue weighted by Gasteiger charge is -2.12. The van der Waals surface area contributed by atoms with Crippen LogP contribution < -0.4 is 4.57 Å². The number of pyridine rings is 1. The number of hydrogen-bond donors (Lipinski definition) is 1. The summed E-state index contributed by atoms with van der Waals surface area (Å²) in [5.41, 5.74) is 6.38. The van der Waals surface area contributed by atoms with Gasteiger partial charge < -0.3 is 5.11 Å². The molecule has 1 aromatic heterocycles. The van der Waals surface area contributed by atoms with E-state index < -0.39 is 5.97 Å². The number of aliphatic carboxylic acids is 1. The Hall–Kier alpha value is -3.72. The predicted molar refractivity (Wildman–Crippen MR) is 115 cm³/mol. The molecular formula is C26H22NO2+. The summed E-state index contributed by atoms with van der Waals surface area (Å²) in [7, 11) is 0. The van der Waals surface area contributed by atoms with Gasteiger partial charge in [-0.1, -0.05) is 66.7 Å². The molecule has 0 aliphatic heterocycles. The average Bonchev–Trinajstić information content (AvgIpc) is 2.79. The van der Waals surface area contributed by atoms with E-state index in [1.165, 1.54) is 0 Å². The first-order chi connectivity index (χ1) is 14.2. The number of rotatable bonds is 6. The van der Waals surface area contributed by atoms with Crippen LogP contribution >= 0.6 is 0 Å². The number of aromatic nitrogens is 1. The van der Waals surface area contributed by atoms with Gasteiger partial charge in [0.2, 0.25) is 11.4 Å². The van der Waals surface area contributed by atoms with Crippen molar-refractivity contribution in [3.63, 3.8) is 0 Å². The Kier molecular flexibility index (Phi) is 5.48. The van der Waals surface area contributed by atoms with E-state index in [2.05, 4.69) is 53.1 Å². The fourth-order valence-electron chi connectivity index (χ4n) is 3.56. The third-order valence-corrected chi connectivity index (χ3v) is 4.96. The van der Waals surface area contributed by atoms with Gasteiger partial charge in [-0.2, -0.15) is 4.57 Å². The molecule has 142 valence electrons. The fourth-order valence-corrected chi connectivity index (χ4v) is 3.56. The van der Waals surface area contributed by atoms with Crippen molar-refractivity contribution >= 4 is 5.97 Å². The van der Waals surface area contributed by atoms with Crippen LogP contribution in [-0.2, 0) is 11.3 Å². The zero-order chi connectivity index (χ0) is 20.1. The van der Waals surface area contributed by atoms with Crippen LogP contribution in [0.4, 0.5) is 0 Å². The van der Waals surface area contributed by atoms with Gasteiger partial charge in [-0.05, 0) is 35.4 Å². The first kappa shape index (κ1) is 18.6. The van der Waals surface area contributed by atoms with Crippen LogP contribution in [0.25, 0.3) is 33.6 Å². The molecule has 0 amide bonds. The second-order valence-electron chi connectivity index (χ2n) is 6.91. The van der Waals surface area contributed by atoms with Crippen LogP contribution in [-0.4, -0.2) is 11.1 Å². The maximum Gasteiger partial charge on any atom is 0.309 e. The van der Waals surface area contributed by atoms with E-state index in [9.17, 15) is 9.90 Å². The second kappa shape index (κ2) is 8.53. The minimum Gasteiger partial charge on any atom is -0.481 e.